The van der Waals surface area contributed by atoms with Gasteiger partial charge >= 0.3 is 0 Å². The molecule has 0 bridgehead atoms. The Bertz CT molecular complexity index is 1350. The molecule has 0 spiro atoms. The van der Waals surface area contributed by atoms with Crippen molar-refractivity contribution in [3.63, 3.8) is 0 Å². The molecule has 1 aromatic heterocycles. The zero-order chi connectivity index (χ0) is 24.7. The molecule has 4 aromatic rings. The summed E-state index contributed by atoms with van der Waals surface area (Å²) in [4.78, 5) is 2.08. The van der Waals surface area contributed by atoms with E-state index in [9.17, 15) is 17.6 Å². The van der Waals surface area contributed by atoms with Crippen LogP contribution in [0.4, 0.5) is 17.6 Å². The van der Waals surface area contributed by atoms with Gasteiger partial charge in [-0.05, 0) is 53.9 Å². The average Bonchev–Trinajstić information content (AvgIpc) is 3.27. The molecule has 1 atom stereocenters. The first kappa shape index (κ1) is 23.6. The van der Waals surface area contributed by atoms with Crippen LogP contribution >= 0.6 is 0 Å². The lowest BCUT2D eigenvalue weighted by molar-refractivity contribution is -0.0620. The van der Waals surface area contributed by atoms with Crippen LogP contribution < -0.4 is 5.73 Å². The Kier molecular flexibility index (Phi) is 6.15. The third-order valence-corrected chi connectivity index (χ3v) is 6.89. The molecule has 3 nitrogen and oxygen atoms in total. The Balaban J connectivity index is 1.50. The predicted molar refractivity (Wildman–Crippen MR) is 129 cm³/mol. The van der Waals surface area contributed by atoms with Crippen molar-refractivity contribution in [3.8, 4) is 22.3 Å². The van der Waals surface area contributed by atoms with Crippen LogP contribution in [-0.4, -0.2) is 23.9 Å². The lowest BCUT2D eigenvalue weighted by Gasteiger charge is -2.36. The van der Waals surface area contributed by atoms with E-state index in [0.717, 1.165) is 28.1 Å². The molecule has 5 rings (SSSR count). The minimum absolute atomic E-state index is 0.0208. The van der Waals surface area contributed by atoms with E-state index < -0.39 is 17.6 Å². The SMILES string of the molecule is CC(c1ccc(-c2cc(-c3ccc(F)cc3F)c3oc(CN)cc3c2)cc1)N1CCC(F)(F)CC1. The summed E-state index contributed by atoms with van der Waals surface area (Å²) in [6.45, 7) is 2.95. The van der Waals surface area contributed by atoms with Gasteiger partial charge in [0.05, 0.1) is 6.54 Å². The van der Waals surface area contributed by atoms with Gasteiger partial charge in [-0.2, -0.15) is 0 Å². The van der Waals surface area contributed by atoms with Gasteiger partial charge in [0.2, 0.25) is 0 Å². The van der Waals surface area contributed by atoms with Gasteiger partial charge in [0, 0.05) is 54.6 Å². The Labute approximate surface area is 201 Å². The third-order valence-electron chi connectivity index (χ3n) is 6.89. The lowest BCUT2D eigenvalue weighted by atomic mass is 9.94. The van der Waals surface area contributed by atoms with Crippen molar-refractivity contribution in [2.45, 2.75) is 38.3 Å². The van der Waals surface area contributed by atoms with Crippen LogP contribution in [0.25, 0.3) is 33.2 Å². The number of rotatable bonds is 5. The van der Waals surface area contributed by atoms with Crippen molar-refractivity contribution in [1.82, 2.24) is 4.90 Å². The van der Waals surface area contributed by atoms with Crippen LogP contribution in [0.15, 0.2) is 65.1 Å². The van der Waals surface area contributed by atoms with E-state index in [1.54, 1.807) is 0 Å². The highest BCUT2D eigenvalue weighted by Crippen LogP contribution is 2.38. The summed E-state index contributed by atoms with van der Waals surface area (Å²) in [5.74, 6) is -3.33. The summed E-state index contributed by atoms with van der Waals surface area (Å²) in [5.41, 5.74) is 9.80. The molecule has 0 radical (unpaired) electrons. The Morgan fingerprint density at radius 2 is 1.63 bits per heavy atom. The number of likely N-dealkylation sites (tertiary alicyclic amines) is 1. The first-order valence-electron chi connectivity index (χ1n) is 11.7. The normalized spacial score (nSPS) is 17.1. The number of fused-ring (bicyclic) bond motifs is 1. The fourth-order valence-corrected chi connectivity index (χ4v) is 4.79. The maximum atomic E-state index is 14.7. The molecule has 0 amide bonds. The Morgan fingerprint density at radius 3 is 2.29 bits per heavy atom. The van der Waals surface area contributed by atoms with Gasteiger partial charge in [-0.3, -0.25) is 4.90 Å². The molecule has 1 aliphatic rings. The van der Waals surface area contributed by atoms with Crippen molar-refractivity contribution in [2.24, 2.45) is 5.73 Å². The summed E-state index contributed by atoms with van der Waals surface area (Å²) in [5, 5.41) is 0.772. The van der Waals surface area contributed by atoms with Crippen molar-refractivity contribution in [1.29, 1.82) is 0 Å². The van der Waals surface area contributed by atoms with Crippen LogP contribution in [0.1, 0.15) is 37.1 Å². The molecule has 1 saturated heterocycles. The monoisotopic (exact) mass is 482 g/mol. The summed E-state index contributed by atoms with van der Waals surface area (Å²) in [7, 11) is 0. The van der Waals surface area contributed by atoms with Gasteiger partial charge in [0.25, 0.3) is 5.92 Å². The molecule has 1 aliphatic heterocycles. The van der Waals surface area contributed by atoms with Crippen LogP contribution in [0, 0.1) is 11.6 Å². The van der Waals surface area contributed by atoms with Crippen molar-refractivity contribution in [3.05, 3.63) is 83.6 Å². The quantitative estimate of drug-likeness (QED) is 0.304. The second-order valence-corrected chi connectivity index (χ2v) is 9.17. The van der Waals surface area contributed by atoms with Crippen LogP contribution in [-0.2, 0) is 6.54 Å². The molecule has 182 valence electrons. The van der Waals surface area contributed by atoms with Gasteiger partial charge in [-0.1, -0.05) is 24.3 Å². The van der Waals surface area contributed by atoms with Gasteiger partial charge in [-0.15, -0.1) is 0 Å². The number of hydrogen-bond donors (Lipinski definition) is 1. The van der Waals surface area contributed by atoms with E-state index in [2.05, 4.69) is 4.90 Å². The highest BCUT2D eigenvalue weighted by atomic mass is 19.3. The molecule has 7 heteroatoms. The number of nitrogens with two attached hydrogens (primary N) is 1. The molecule has 35 heavy (non-hydrogen) atoms. The third kappa shape index (κ3) is 4.70. The summed E-state index contributed by atoms with van der Waals surface area (Å²) in [6, 6.07) is 17.0. The van der Waals surface area contributed by atoms with Crippen molar-refractivity contribution >= 4 is 11.0 Å². The Hall–Kier alpha value is -3.16. The molecule has 3 aromatic carbocycles. The number of alkyl halides is 2. The van der Waals surface area contributed by atoms with E-state index in [-0.39, 0.29) is 31.0 Å². The number of hydrogen-bond acceptors (Lipinski definition) is 3. The number of piperidine rings is 1. The summed E-state index contributed by atoms with van der Waals surface area (Å²) in [6.07, 6.45) is -0.235. The first-order chi connectivity index (χ1) is 16.7. The van der Waals surface area contributed by atoms with E-state index in [1.807, 2.05) is 49.4 Å². The molecule has 2 N–H and O–H groups in total. The zero-order valence-corrected chi connectivity index (χ0v) is 19.3. The first-order valence-corrected chi connectivity index (χ1v) is 11.7. The maximum Gasteiger partial charge on any atom is 0.250 e. The fraction of sp³-hybridized carbons (Fsp3) is 0.286. The lowest BCUT2D eigenvalue weighted by Crippen LogP contribution is -2.40. The second-order valence-electron chi connectivity index (χ2n) is 9.17. The van der Waals surface area contributed by atoms with Crippen LogP contribution in [0.2, 0.25) is 0 Å². The molecule has 0 aliphatic carbocycles. The van der Waals surface area contributed by atoms with E-state index >= 15 is 0 Å². The predicted octanol–water partition coefficient (Wildman–Crippen LogP) is 7.30. The van der Waals surface area contributed by atoms with E-state index in [4.69, 9.17) is 10.2 Å². The smallest absolute Gasteiger partial charge is 0.250 e. The van der Waals surface area contributed by atoms with Crippen molar-refractivity contribution in [2.75, 3.05) is 13.1 Å². The molecule has 0 saturated carbocycles. The number of nitrogens with zero attached hydrogens (tertiary/aromatic N) is 1. The highest BCUT2D eigenvalue weighted by Gasteiger charge is 2.35. The maximum absolute atomic E-state index is 14.7. The molecule has 2 heterocycles. The largest absolute Gasteiger partial charge is 0.459 e. The van der Waals surface area contributed by atoms with E-state index in [1.165, 1.54) is 12.1 Å². The minimum atomic E-state index is -2.57. The molecular weight excluding hydrogens is 456 g/mol. The highest BCUT2D eigenvalue weighted by molar-refractivity contribution is 5.97. The number of furan rings is 1. The Morgan fingerprint density at radius 1 is 0.914 bits per heavy atom. The van der Waals surface area contributed by atoms with Crippen LogP contribution in [0.5, 0.6) is 0 Å². The van der Waals surface area contributed by atoms with Gasteiger partial charge in [0.1, 0.15) is 23.0 Å². The van der Waals surface area contributed by atoms with Gasteiger partial charge in [0.15, 0.2) is 0 Å². The second kappa shape index (κ2) is 9.13. The van der Waals surface area contributed by atoms with Crippen LogP contribution in [0.3, 0.4) is 0 Å². The summed E-state index contributed by atoms with van der Waals surface area (Å²) < 4.78 is 61.2. The van der Waals surface area contributed by atoms with Crippen molar-refractivity contribution < 1.29 is 22.0 Å². The zero-order valence-electron chi connectivity index (χ0n) is 19.3. The topological polar surface area (TPSA) is 42.4 Å². The molecular formula is C28H26F4N2O. The van der Waals surface area contributed by atoms with Gasteiger partial charge < -0.3 is 10.2 Å². The number of halogens is 4. The molecule has 1 fully saturated rings. The average molecular weight is 483 g/mol. The standard InChI is InChI=1S/C28H26F4N2O/c1-17(34-10-8-28(31,32)9-11-34)18-2-4-19(5-3-18)20-12-21-13-23(16-33)35-27(21)25(14-20)24-7-6-22(29)15-26(24)30/h2-7,12-15,17H,8-11,16,33H2,1H3. The van der Waals surface area contributed by atoms with Gasteiger partial charge in [-0.25, -0.2) is 17.6 Å². The number of benzene rings is 3. The fourth-order valence-electron chi connectivity index (χ4n) is 4.79. The molecule has 1 unspecified atom stereocenters. The summed E-state index contributed by atoms with van der Waals surface area (Å²) >= 11 is 0. The van der Waals surface area contributed by atoms with E-state index in [0.29, 0.717) is 30.0 Å². The minimum Gasteiger partial charge on any atom is -0.459 e.